The van der Waals surface area contributed by atoms with Crippen LogP contribution < -0.4 is 0 Å². The Bertz CT molecular complexity index is 332. The van der Waals surface area contributed by atoms with Crippen LogP contribution in [0.25, 0.3) is 0 Å². The number of carbonyl (C=O) groups excluding carboxylic acids is 2. The van der Waals surface area contributed by atoms with E-state index in [1.54, 1.807) is 0 Å². The van der Waals surface area contributed by atoms with Crippen LogP contribution in [0.4, 0.5) is 0 Å². The molecule has 0 saturated carbocycles. The lowest BCUT2D eigenvalue weighted by atomic mass is 10.2. The van der Waals surface area contributed by atoms with Gasteiger partial charge in [-0.15, -0.1) is 0 Å². The number of hydrogen-bond acceptors (Lipinski definition) is 6. The first-order valence-corrected chi connectivity index (χ1v) is 6.31. The van der Waals surface area contributed by atoms with Gasteiger partial charge in [-0.3, -0.25) is 4.90 Å². The zero-order valence-electron chi connectivity index (χ0n) is 11.6. The molecule has 0 aromatic heterocycles. The zero-order valence-corrected chi connectivity index (χ0v) is 11.6. The largest absolute Gasteiger partial charge is 0.466 e. The fourth-order valence-corrected chi connectivity index (χ4v) is 1.98. The van der Waals surface area contributed by atoms with Crippen LogP contribution in [0.1, 0.15) is 13.8 Å². The van der Waals surface area contributed by atoms with Crippen LogP contribution in [0.15, 0.2) is 12.2 Å². The molecule has 2 atom stereocenters. The number of carbonyl (C=O) groups is 2. The quantitative estimate of drug-likeness (QED) is 0.531. The smallest absolute Gasteiger partial charge is 0.331 e. The predicted molar refractivity (Wildman–Crippen MR) is 68.6 cm³/mol. The summed E-state index contributed by atoms with van der Waals surface area (Å²) in [6, 6.07) is 0.626. The minimum Gasteiger partial charge on any atom is -0.466 e. The van der Waals surface area contributed by atoms with Gasteiger partial charge in [-0.05, 0) is 13.8 Å². The number of nitrogens with zero attached hydrogens (tertiary/aromatic N) is 1. The Kier molecular flexibility index (Phi) is 6.52. The first-order valence-electron chi connectivity index (χ1n) is 6.31. The molecule has 0 radical (unpaired) electrons. The molecule has 1 heterocycles. The number of rotatable bonds is 5. The monoisotopic (exact) mass is 271 g/mol. The van der Waals surface area contributed by atoms with E-state index in [1.165, 1.54) is 7.11 Å². The highest BCUT2D eigenvalue weighted by atomic mass is 16.5. The molecule has 0 aromatic carbocycles. The van der Waals surface area contributed by atoms with Crippen LogP contribution in [0.3, 0.4) is 0 Å². The molecule has 1 saturated heterocycles. The van der Waals surface area contributed by atoms with Crippen LogP contribution in [-0.2, 0) is 23.8 Å². The topological polar surface area (TPSA) is 65.1 Å². The molecule has 1 aliphatic heterocycles. The van der Waals surface area contributed by atoms with E-state index >= 15 is 0 Å². The Morgan fingerprint density at radius 2 is 1.79 bits per heavy atom. The third-order valence-corrected chi connectivity index (χ3v) is 3.00. The molecule has 6 heteroatoms. The van der Waals surface area contributed by atoms with E-state index < -0.39 is 11.9 Å². The highest BCUT2D eigenvalue weighted by Gasteiger charge is 2.24. The second-order valence-electron chi connectivity index (χ2n) is 4.50. The Hall–Kier alpha value is -1.40. The number of esters is 2. The van der Waals surface area contributed by atoms with E-state index in [0.717, 1.165) is 12.2 Å². The summed E-state index contributed by atoms with van der Waals surface area (Å²) in [6.45, 7) is 6.49. The highest BCUT2D eigenvalue weighted by molar-refractivity contribution is 5.91. The third-order valence-electron chi connectivity index (χ3n) is 3.00. The molecular formula is C13H21NO5. The molecule has 0 aromatic rings. The molecule has 0 spiro atoms. The number of morpholine rings is 1. The molecule has 108 valence electrons. The van der Waals surface area contributed by atoms with Crippen molar-refractivity contribution in [2.45, 2.75) is 25.9 Å². The van der Waals surface area contributed by atoms with Crippen molar-refractivity contribution < 1.29 is 23.8 Å². The average molecular weight is 271 g/mol. The molecule has 0 unspecified atom stereocenters. The van der Waals surface area contributed by atoms with Gasteiger partial charge in [-0.25, -0.2) is 9.59 Å². The summed E-state index contributed by atoms with van der Waals surface area (Å²) >= 11 is 0. The van der Waals surface area contributed by atoms with Crippen molar-refractivity contribution in [1.29, 1.82) is 0 Å². The lowest BCUT2D eigenvalue weighted by Gasteiger charge is -2.38. The van der Waals surface area contributed by atoms with Gasteiger partial charge in [0.2, 0.25) is 0 Å². The summed E-state index contributed by atoms with van der Waals surface area (Å²) in [5.74, 6) is -1.12. The van der Waals surface area contributed by atoms with E-state index in [1.807, 2.05) is 0 Å². The van der Waals surface area contributed by atoms with E-state index in [9.17, 15) is 9.59 Å². The minimum atomic E-state index is -0.577. The fraction of sp³-hybridized carbons (Fsp3) is 0.692. The van der Waals surface area contributed by atoms with E-state index in [0.29, 0.717) is 38.4 Å². The van der Waals surface area contributed by atoms with Crippen molar-refractivity contribution in [3.8, 4) is 0 Å². The van der Waals surface area contributed by atoms with E-state index in [-0.39, 0.29) is 0 Å². The second kappa shape index (κ2) is 7.91. The van der Waals surface area contributed by atoms with E-state index in [4.69, 9.17) is 9.47 Å². The van der Waals surface area contributed by atoms with Crippen LogP contribution in [0.2, 0.25) is 0 Å². The van der Waals surface area contributed by atoms with Crippen molar-refractivity contribution in [1.82, 2.24) is 4.90 Å². The van der Waals surface area contributed by atoms with Gasteiger partial charge in [0.15, 0.2) is 0 Å². The van der Waals surface area contributed by atoms with Gasteiger partial charge in [0.25, 0.3) is 0 Å². The Morgan fingerprint density at radius 3 is 2.37 bits per heavy atom. The van der Waals surface area contributed by atoms with Crippen LogP contribution >= 0.6 is 0 Å². The van der Waals surface area contributed by atoms with Crippen molar-refractivity contribution in [3.05, 3.63) is 12.2 Å². The zero-order chi connectivity index (χ0) is 14.3. The Morgan fingerprint density at radius 1 is 1.21 bits per heavy atom. The van der Waals surface area contributed by atoms with Gasteiger partial charge in [0.1, 0.15) is 6.61 Å². The summed E-state index contributed by atoms with van der Waals surface area (Å²) in [5, 5.41) is 0. The summed E-state index contributed by atoms with van der Waals surface area (Å²) in [4.78, 5) is 24.3. The van der Waals surface area contributed by atoms with Gasteiger partial charge in [-0.1, -0.05) is 0 Å². The molecule has 0 aliphatic carbocycles. The fourth-order valence-electron chi connectivity index (χ4n) is 1.98. The maximum absolute atomic E-state index is 11.3. The summed E-state index contributed by atoms with van der Waals surface area (Å²) in [7, 11) is 1.25. The third kappa shape index (κ3) is 5.40. The van der Waals surface area contributed by atoms with Crippen LogP contribution in [0.5, 0.6) is 0 Å². The first kappa shape index (κ1) is 15.7. The van der Waals surface area contributed by atoms with Gasteiger partial charge < -0.3 is 14.2 Å². The number of ether oxygens (including phenoxy) is 3. The summed E-state index contributed by atoms with van der Waals surface area (Å²) in [6.07, 6.45) is 2.11. The van der Waals surface area contributed by atoms with Gasteiger partial charge >= 0.3 is 11.9 Å². The summed E-state index contributed by atoms with van der Waals surface area (Å²) in [5.41, 5.74) is 0. The van der Waals surface area contributed by atoms with E-state index in [2.05, 4.69) is 23.5 Å². The molecule has 0 N–H and O–H groups in total. The standard InChI is InChI=1S/C13H21NO5/c1-10-8-18-9-11(2)14(10)6-7-19-13(16)5-4-12(15)17-3/h4-5,10-11H,6-9H2,1-3H3/t10-,11-/m0/s1. The molecule has 1 fully saturated rings. The molecule has 0 bridgehead atoms. The summed E-state index contributed by atoms with van der Waals surface area (Å²) < 4.78 is 14.8. The van der Waals surface area contributed by atoms with Crippen molar-refractivity contribution in [3.63, 3.8) is 0 Å². The second-order valence-corrected chi connectivity index (χ2v) is 4.50. The Labute approximate surface area is 113 Å². The van der Waals surface area contributed by atoms with Crippen molar-refractivity contribution >= 4 is 11.9 Å². The molecule has 19 heavy (non-hydrogen) atoms. The molecule has 1 aliphatic rings. The predicted octanol–water partition coefficient (Wildman–Crippen LogP) is 0.368. The highest BCUT2D eigenvalue weighted by Crippen LogP contribution is 2.12. The lowest BCUT2D eigenvalue weighted by Crippen LogP contribution is -2.50. The van der Waals surface area contributed by atoms with Gasteiger partial charge in [-0.2, -0.15) is 0 Å². The molecular weight excluding hydrogens is 250 g/mol. The van der Waals surface area contributed by atoms with Crippen LogP contribution in [0, 0.1) is 0 Å². The lowest BCUT2D eigenvalue weighted by molar-refractivity contribution is -0.140. The average Bonchev–Trinajstić information content (AvgIpc) is 2.39. The molecule has 6 nitrogen and oxygen atoms in total. The SMILES string of the molecule is COC(=O)C=CC(=O)OCCN1[C@@H](C)COC[C@@H]1C. The number of methoxy groups -OCH3 is 1. The van der Waals surface area contributed by atoms with Crippen LogP contribution in [-0.4, -0.2) is 62.4 Å². The van der Waals surface area contributed by atoms with Crippen molar-refractivity contribution in [2.75, 3.05) is 33.5 Å². The minimum absolute atomic E-state index is 0.291. The normalized spacial score (nSPS) is 24.4. The van der Waals surface area contributed by atoms with Gasteiger partial charge in [0.05, 0.1) is 20.3 Å². The maximum Gasteiger partial charge on any atom is 0.331 e. The molecule has 0 amide bonds. The maximum atomic E-state index is 11.3. The van der Waals surface area contributed by atoms with Gasteiger partial charge in [0, 0.05) is 30.8 Å². The van der Waals surface area contributed by atoms with Crippen molar-refractivity contribution in [2.24, 2.45) is 0 Å². The first-order chi connectivity index (χ1) is 9.04. The Balaban J connectivity index is 2.27. The molecule has 1 rings (SSSR count). The number of hydrogen-bond donors (Lipinski definition) is 0.